The van der Waals surface area contributed by atoms with Crippen LogP contribution in [0.3, 0.4) is 0 Å². The number of piperazine rings is 1. The number of nitrogens with zero attached hydrogens (tertiary/aromatic N) is 5. The van der Waals surface area contributed by atoms with Crippen LogP contribution in [0.1, 0.15) is 11.3 Å². The largest absolute Gasteiger partial charge is 0.307 e. The Kier molecular flexibility index (Phi) is 4.64. The third-order valence-electron chi connectivity index (χ3n) is 4.79. The Balaban J connectivity index is 1.32. The average molecular weight is 351 g/mol. The van der Waals surface area contributed by atoms with Gasteiger partial charge in [0.15, 0.2) is 0 Å². The number of non-ortho nitro benzene ring substituents is 1. The number of imidazole rings is 1. The van der Waals surface area contributed by atoms with Gasteiger partial charge < -0.3 is 4.40 Å². The number of nitro groups is 1. The Morgan fingerprint density at radius 3 is 2.50 bits per heavy atom. The van der Waals surface area contributed by atoms with Crippen LogP contribution in [0.15, 0.2) is 54.9 Å². The first-order valence-electron chi connectivity index (χ1n) is 8.78. The van der Waals surface area contributed by atoms with Gasteiger partial charge in [0, 0.05) is 63.8 Å². The van der Waals surface area contributed by atoms with Gasteiger partial charge in [0.1, 0.15) is 5.65 Å². The van der Waals surface area contributed by atoms with Crippen molar-refractivity contribution in [3.63, 3.8) is 0 Å². The summed E-state index contributed by atoms with van der Waals surface area (Å²) in [5.41, 5.74) is 3.22. The summed E-state index contributed by atoms with van der Waals surface area (Å²) in [4.78, 5) is 20.0. The van der Waals surface area contributed by atoms with Crippen molar-refractivity contribution < 1.29 is 4.92 Å². The topological polar surface area (TPSA) is 66.9 Å². The molecule has 0 N–H and O–H groups in total. The Hall–Kier alpha value is -2.77. The molecule has 1 aliphatic rings. The van der Waals surface area contributed by atoms with Crippen LogP contribution in [0.5, 0.6) is 0 Å². The van der Waals surface area contributed by atoms with Gasteiger partial charge in [-0.2, -0.15) is 0 Å². The molecule has 3 aromatic rings. The fourth-order valence-corrected chi connectivity index (χ4v) is 3.42. The smallest absolute Gasteiger partial charge is 0.269 e. The zero-order chi connectivity index (χ0) is 17.9. The van der Waals surface area contributed by atoms with Gasteiger partial charge >= 0.3 is 0 Å². The van der Waals surface area contributed by atoms with Crippen LogP contribution >= 0.6 is 0 Å². The van der Waals surface area contributed by atoms with Gasteiger partial charge in [0.05, 0.1) is 10.6 Å². The molecule has 0 spiro atoms. The molecule has 1 saturated heterocycles. The highest BCUT2D eigenvalue weighted by molar-refractivity contribution is 5.39. The maximum absolute atomic E-state index is 10.9. The lowest BCUT2D eigenvalue weighted by Crippen LogP contribution is -2.45. The summed E-state index contributed by atoms with van der Waals surface area (Å²) in [5, 5.41) is 10.9. The minimum Gasteiger partial charge on any atom is -0.307 e. The summed E-state index contributed by atoms with van der Waals surface area (Å²) < 4.78 is 2.05. The van der Waals surface area contributed by atoms with E-state index in [0.29, 0.717) is 0 Å². The van der Waals surface area contributed by atoms with E-state index in [2.05, 4.69) is 21.0 Å². The lowest BCUT2D eigenvalue weighted by Gasteiger charge is -2.34. The van der Waals surface area contributed by atoms with Crippen LogP contribution in [-0.4, -0.2) is 50.3 Å². The lowest BCUT2D eigenvalue weighted by molar-refractivity contribution is -0.384. The second-order valence-corrected chi connectivity index (χ2v) is 6.68. The SMILES string of the molecule is O=[N+]([O-])c1cccc(CN2CCN(Cc3cn4ccccc4n3)CC2)c1. The quantitative estimate of drug-likeness (QED) is 0.522. The molecule has 134 valence electrons. The molecule has 7 nitrogen and oxygen atoms in total. The maximum Gasteiger partial charge on any atom is 0.269 e. The van der Waals surface area contributed by atoms with E-state index in [1.54, 1.807) is 12.1 Å². The first-order valence-corrected chi connectivity index (χ1v) is 8.78. The number of rotatable bonds is 5. The molecule has 0 atom stereocenters. The molecular weight excluding hydrogens is 330 g/mol. The van der Waals surface area contributed by atoms with E-state index in [1.807, 2.05) is 34.9 Å². The van der Waals surface area contributed by atoms with Gasteiger partial charge in [0.25, 0.3) is 5.69 Å². The number of nitro benzene ring substituents is 1. The van der Waals surface area contributed by atoms with Gasteiger partial charge in [0.2, 0.25) is 0 Å². The van der Waals surface area contributed by atoms with E-state index < -0.39 is 0 Å². The number of pyridine rings is 1. The predicted molar refractivity (Wildman–Crippen MR) is 98.8 cm³/mol. The number of fused-ring (bicyclic) bond motifs is 1. The highest BCUT2D eigenvalue weighted by Crippen LogP contribution is 2.16. The van der Waals surface area contributed by atoms with Crippen LogP contribution in [0.2, 0.25) is 0 Å². The standard InChI is InChI=1S/C19H21N5O2/c25-24(26)18-5-3-4-16(12-18)13-21-8-10-22(11-9-21)14-17-15-23-7-2-1-6-19(23)20-17/h1-7,12,15H,8-11,13-14H2. The minimum absolute atomic E-state index is 0.160. The highest BCUT2D eigenvalue weighted by Gasteiger charge is 2.18. The molecule has 0 amide bonds. The number of aromatic nitrogens is 2. The van der Waals surface area contributed by atoms with E-state index in [-0.39, 0.29) is 10.6 Å². The van der Waals surface area contributed by atoms with Gasteiger partial charge in [-0.25, -0.2) is 4.98 Å². The molecule has 1 fully saturated rings. The maximum atomic E-state index is 10.9. The number of hydrogen-bond donors (Lipinski definition) is 0. The van der Waals surface area contributed by atoms with Crippen molar-refractivity contribution in [1.82, 2.24) is 19.2 Å². The van der Waals surface area contributed by atoms with Crippen molar-refractivity contribution in [1.29, 1.82) is 0 Å². The molecule has 4 rings (SSSR count). The van der Waals surface area contributed by atoms with E-state index in [0.717, 1.165) is 56.2 Å². The molecule has 1 aliphatic heterocycles. The Morgan fingerprint density at radius 1 is 1.00 bits per heavy atom. The number of benzene rings is 1. The summed E-state index contributed by atoms with van der Waals surface area (Å²) in [6.07, 6.45) is 4.10. The molecule has 0 radical (unpaired) electrons. The minimum atomic E-state index is -0.337. The zero-order valence-electron chi connectivity index (χ0n) is 14.5. The van der Waals surface area contributed by atoms with Crippen molar-refractivity contribution in [3.8, 4) is 0 Å². The first-order chi connectivity index (χ1) is 12.7. The fraction of sp³-hybridized carbons (Fsp3) is 0.316. The van der Waals surface area contributed by atoms with Crippen LogP contribution in [0, 0.1) is 10.1 Å². The van der Waals surface area contributed by atoms with E-state index in [4.69, 9.17) is 0 Å². The molecule has 0 saturated carbocycles. The van der Waals surface area contributed by atoms with Crippen LogP contribution < -0.4 is 0 Å². The lowest BCUT2D eigenvalue weighted by atomic mass is 10.1. The predicted octanol–water partition coefficient (Wildman–Crippen LogP) is 2.56. The summed E-state index contributed by atoms with van der Waals surface area (Å²) >= 11 is 0. The Labute approximate surface area is 151 Å². The summed E-state index contributed by atoms with van der Waals surface area (Å²) in [6, 6.07) is 12.9. The van der Waals surface area contributed by atoms with Crippen molar-refractivity contribution >= 4 is 11.3 Å². The van der Waals surface area contributed by atoms with E-state index >= 15 is 0 Å². The molecule has 1 aromatic carbocycles. The van der Waals surface area contributed by atoms with E-state index in [9.17, 15) is 10.1 Å². The normalized spacial score (nSPS) is 16.2. The third-order valence-corrected chi connectivity index (χ3v) is 4.79. The van der Waals surface area contributed by atoms with Crippen molar-refractivity contribution in [2.45, 2.75) is 13.1 Å². The Morgan fingerprint density at radius 2 is 1.77 bits per heavy atom. The number of hydrogen-bond acceptors (Lipinski definition) is 5. The van der Waals surface area contributed by atoms with Crippen molar-refractivity contribution in [2.75, 3.05) is 26.2 Å². The van der Waals surface area contributed by atoms with Gasteiger partial charge in [-0.15, -0.1) is 0 Å². The van der Waals surface area contributed by atoms with Crippen molar-refractivity contribution in [3.05, 3.63) is 76.2 Å². The van der Waals surface area contributed by atoms with Crippen LogP contribution in [0.25, 0.3) is 5.65 Å². The monoisotopic (exact) mass is 351 g/mol. The highest BCUT2D eigenvalue weighted by atomic mass is 16.6. The summed E-state index contributed by atoms with van der Waals surface area (Å²) in [5.74, 6) is 0. The fourth-order valence-electron chi connectivity index (χ4n) is 3.42. The third kappa shape index (κ3) is 3.74. The zero-order valence-corrected chi connectivity index (χ0v) is 14.5. The molecule has 3 heterocycles. The second-order valence-electron chi connectivity index (χ2n) is 6.68. The average Bonchev–Trinajstić information content (AvgIpc) is 3.06. The molecular formula is C19H21N5O2. The van der Waals surface area contributed by atoms with Crippen molar-refractivity contribution in [2.24, 2.45) is 0 Å². The van der Waals surface area contributed by atoms with Gasteiger partial charge in [-0.3, -0.25) is 19.9 Å². The molecule has 0 aliphatic carbocycles. The summed E-state index contributed by atoms with van der Waals surface area (Å²) in [6.45, 7) is 5.47. The molecule has 0 unspecified atom stereocenters. The Bertz CT molecular complexity index is 882. The first kappa shape index (κ1) is 16.7. The molecule has 26 heavy (non-hydrogen) atoms. The van der Waals surface area contributed by atoms with Gasteiger partial charge in [-0.05, 0) is 17.7 Å². The second kappa shape index (κ2) is 7.23. The summed E-state index contributed by atoms with van der Waals surface area (Å²) in [7, 11) is 0. The molecule has 7 heteroatoms. The van der Waals surface area contributed by atoms with E-state index in [1.165, 1.54) is 6.07 Å². The molecule has 2 aromatic heterocycles. The van der Waals surface area contributed by atoms with Gasteiger partial charge in [-0.1, -0.05) is 18.2 Å². The van der Waals surface area contributed by atoms with Crippen LogP contribution in [-0.2, 0) is 13.1 Å². The van der Waals surface area contributed by atoms with Crippen LogP contribution in [0.4, 0.5) is 5.69 Å². The molecule has 0 bridgehead atoms.